The predicted molar refractivity (Wildman–Crippen MR) is 105 cm³/mol. The van der Waals surface area contributed by atoms with Crippen molar-refractivity contribution in [3.8, 4) is 17.2 Å². The molecule has 0 aliphatic heterocycles. The van der Waals surface area contributed by atoms with E-state index in [1.165, 1.54) is 12.1 Å². The van der Waals surface area contributed by atoms with Crippen molar-refractivity contribution in [2.75, 3.05) is 0 Å². The van der Waals surface area contributed by atoms with Gasteiger partial charge >= 0.3 is 11.6 Å². The third-order valence-electron chi connectivity index (χ3n) is 4.21. The molecule has 0 N–H and O–H groups in total. The molecule has 3 aromatic carbocycles. The molecule has 0 fully saturated rings. The zero-order valence-corrected chi connectivity index (χ0v) is 15.0. The van der Waals surface area contributed by atoms with E-state index in [-0.39, 0.29) is 11.3 Å². The fourth-order valence-electron chi connectivity index (χ4n) is 2.87. The van der Waals surface area contributed by atoms with Crippen LogP contribution in [0.15, 0.2) is 88.1 Å². The van der Waals surface area contributed by atoms with Gasteiger partial charge in [-0.15, -0.1) is 0 Å². The van der Waals surface area contributed by atoms with E-state index in [1.54, 1.807) is 48.5 Å². The maximum Gasteiger partial charge on any atom is 0.347 e. The minimum absolute atomic E-state index is 0.278. The summed E-state index contributed by atoms with van der Waals surface area (Å²) in [5.41, 5.74) is 1.00. The summed E-state index contributed by atoms with van der Waals surface area (Å²) in [6, 6.07) is 22.4. The molecule has 0 bridgehead atoms. The normalized spacial score (nSPS) is 10.6. The molecule has 0 atom stereocenters. The van der Waals surface area contributed by atoms with E-state index >= 15 is 0 Å². The quantitative estimate of drug-likeness (QED) is 0.283. The van der Waals surface area contributed by atoms with Crippen molar-refractivity contribution >= 4 is 16.9 Å². The molecule has 5 heteroatoms. The van der Waals surface area contributed by atoms with Gasteiger partial charge in [-0.3, -0.25) is 0 Å². The number of carbonyl (C=O) groups excluding carboxylic acids is 1. The molecule has 0 saturated heterocycles. The van der Waals surface area contributed by atoms with Crippen LogP contribution in [-0.4, -0.2) is 5.97 Å². The second kappa shape index (κ2) is 7.40. The number of carbonyl (C=O) groups is 1. The van der Waals surface area contributed by atoms with E-state index in [9.17, 15) is 9.59 Å². The number of hydrogen-bond acceptors (Lipinski definition) is 5. The van der Waals surface area contributed by atoms with Gasteiger partial charge in [0.1, 0.15) is 28.4 Å². The van der Waals surface area contributed by atoms with Gasteiger partial charge in [-0.2, -0.15) is 0 Å². The SMILES string of the molecule is Cc1cc(=O)oc2cc(OC(=O)c3ccccc3Oc3ccccc3)ccc12. The van der Waals surface area contributed by atoms with E-state index in [4.69, 9.17) is 13.9 Å². The van der Waals surface area contributed by atoms with Crippen molar-refractivity contribution in [3.63, 3.8) is 0 Å². The highest BCUT2D eigenvalue weighted by Crippen LogP contribution is 2.27. The van der Waals surface area contributed by atoms with Gasteiger partial charge in [0.2, 0.25) is 0 Å². The number of aryl methyl sites for hydroxylation is 1. The zero-order valence-electron chi connectivity index (χ0n) is 15.0. The van der Waals surface area contributed by atoms with Crippen LogP contribution in [0.4, 0.5) is 0 Å². The van der Waals surface area contributed by atoms with Gasteiger partial charge < -0.3 is 13.9 Å². The number of hydrogen-bond donors (Lipinski definition) is 0. The van der Waals surface area contributed by atoms with Crippen molar-refractivity contribution in [2.45, 2.75) is 6.92 Å². The van der Waals surface area contributed by atoms with Gasteiger partial charge in [0.15, 0.2) is 0 Å². The molecule has 4 rings (SSSR count). The van der Waals surface area contributed by atoms with Gasteiger partial charge in [0, 0.05) is 17.5 Å². The number of ether oxygens (including phenoxy) is 2. The van der Waals surface area contributed by atoms with Crippen molar-refractivity contribution in [1.29, 1.82) is 0 Å². The monoisotopic (exact) mass is 372 g/mol. The summed E-state index contributed by atoms with van der Waals surface area (Å²) < 4.78 is 16.5. The lowest BCUT2D eigenvalue weighted by Gasteiger charge is -2.11. The molecule has 1 heterocycles. The standard InChI is InChI=1S/C23H16O5/c1-15-13-22(24)28-21-14-17(11-12-18(15)21)27-23(25)19-9-5-6-10-20(19)26-16-7-3-2-4-8-16/h2-14H,1H3. The highest BCUT2D eigenvalue weighted by atomic mass is 16.5. The fourth-order valence-corrected chi connectivity index (χ4v) is 2.87. The van der Waals surface area contributed by atoms with Crippen molar-refractivity contribution < 1.29 is 18.7 Å². The Morgan fingerprint density at radius 1 is 0.857 bits per heavy atom. The van der Waals surface area contributed by atoms with Crippen LogP contribution in [0.25, 0.3) is 11.0 Å². The minimum atomic E-state index is -0.569. The van der Waals surface area contributed by atoms with Gasteiger partial charge in [-0.05, 0) is 48.9 Å². The zero-order chi connectivity index (χ0) is 19.5. The fraction of sp³-hybridized carbons (Fsp3) is 0.0435. The van der Waals surface area contributed by atoms with Crippen LogP contribution in [0.3, 0.4) is 0 Å². The Bertz CT molecular complexity index is 1210. The lowest BCUT2D eigenvalue weighted by Crippen LogP contribution is -2.10. The number of rotatable bonds is 4. The third kappa shape index (κ3) is 3.64. The molecule has 138 valence electrons. The van der Waals surface area contributed by atoms with Gasteiger partial charge in [-0.25, -0.2) is 9.59 Å². The second-order valence-corrected chi connectivity index (χ2v) is 6.21. The molecule has 1 aromatic heterocycles. The number of benzene rings is 3. The lowest BCUT2D eigenvalue weighted by molar-refractivity contribution is 0.0732. The smallest absolute Gasteiger partial charge is 0.347 e. The molecule has 28 heavy (non-hydrogen) atoms. The van der Waals surface area contributed by atoms with Crippen molar-refractivity contribution in [2.24, 2.45) is 0 Å². The molecule has 0 radical (unpaired) electrons. The van der Waals surface area contributed by atoms with Crippen molar-refractivity contribution in [1.82, 2.24) is 0 Å². The first-order valence-electron chi connectivity index (χ1n) is 8.69. The number of esters is 1. The van der Waals surface area contributed by atoms with Crippen LogP contribution < -0.4 is 15.1 Å². The summed E-state index contributed by atoms with van der Waals surface area (Å²) in [4.78, 5) is 24.3. The van der Waals surface area contributed by atoms with Gasteiger partial charge in [0.25, 0.3) is 0 Å². The third-order valence-corrected chi connectivity index (χ3v) is 4.21. The average molecular weight is 372 g/mol. The molecular formula is C23H16O5. The van der Waals surface area contributed by atoms with E-state index in [0.29, 0.717) is 17.1 Å². The van der Waals surface area contributed by atoms with E-state index in [2.05, 4.69) is 0 Å². The van der Waals surface area contributed by atoms with Crippen molar-refractivity contribution in [3.05, 3.63) is 100 Å². The summed E-state index contributed by atoms with van der Waals surface area (Å²) in [6.45, 7) is 1.82. The van der Waals surface area contributed by atoms with Crippen LogP contribution in [0.1, 0.15) is 15.9 Å². The van der Waals surface area contributed by atoms with E-state index < -0.39 is 11.6 Å². The molecule has 0 saturated carbocycles. The Morgan fingerprint density at radius 3 is 2.43 bits per heavy atom. The molecule has 4 aromatic rings. The van der Waals surface area contributed by atoms with E-state index in [1.807, 2.05) is 25.1 Å². The van der Waals surface area contributed by atoms with Crippen LogP contribution in [-0.2, 0) is 0 Å². The average Bonchev–Trinajstić information content (AvgIpc) is 2.68. The van der Waals surface area contributed by atoms with Crippen LogP contribution in [0, 0.1) is 6.92 Å². The Hall–Kier alpha value is -3.86. The minimum Gasteiger partial charge on any atom is -0.456 e. The number of fused-ring (bicyclic) bond motifs is 1. The largest absolute Gasteiger partial charge is 0.456 e. The molecule has 0 aliphatic rings. The summed E-state index contributed by atoms with van der Waals surface area (Å²) in [5, 5.41) is 0.784. The van der Waals surface area contributed by atoms with E-state index in [0.717, 1.165) is 10.9 Å². The summed E-state index contributed by atoms with van der Waals surface area (Å²) >= 11 is 0. The first kappa shape index (κ1) is 17.5. The Morgan fingerprint density at radius 2 is 1.61 bits per heavy atom. The first-order valence-corrected chi connectivity index (χ1v) is 8.69. The molecule has 0 spiro atoms. The second-order valence-electron chi connectivity index (χ2n) is 6.21. The van der Waals surface area contributed by atoms with Crippen LogP contribution in [0.2, 0.25) is 0 Å². The summed E-state index contributed by atoms with van der Waals surface area (Å²) in [6.07, 6.45) is 0. The topological polar surface area (TPSA) is 65.7 Å². The predicted octanol–water partition coefficient (Wildman–Crippen LogP) is 5.11. The Balaban J connectivity index is 1.62. The number of para-hydroxylation sites is 2. The first-order chi connectivity index (χ1) is 13.6. The summed E-state index contributed by atoms with van der Waals surface area (Å²) in [5.74, 6) is 0.717. The van der Waals surface area contributed by atoms with Gasteiger partial charge in [-0.1, -0.05) is 30.3 Å². The molecule has 0 aliphatic carbocycles. The molecule has 0 amide bonds. The molecule has 5 nitrogen and oxygen atoms in total. The Kier molecular flexibility index (Phi) is 4.64. The maximum absolute atomic E-state index is 12.7. The highest BCUT2D eigenvalue weighted by Gasteiger charge is 2.16. The molecular weight excluding hydrogens is 356 g/mol. The lowest BCUT2D eigenvalue weighted by atomic mass is 10.1. The van der Waals surface area contributed by atoms with Gasteiger partial charge in [0.05, 0.1) is 0 Å². The summed E-state index contributed by atoms with van der Waals surface area (Å²) in [7, 11) is 0. The maximum atomic E-state index is 12.7. The molecule has 0 unspecified atom stereocenters. The highest BCUT2D eigenvalue weighted by molar-refractivity contribution is 5.94. The Labute approximate surface area is 160 Å². The van der Waals surface area contributed by atoms with Crippen LogP contribution >= 0.6 is 0 Å². The van der Waals surface area contributed by atoms with Crippen LogP contribution in [0.5, 0.6) is 17.2 Å².